The average Bonchev–Trinajstić information content (AvgIpc) is 2.11. The lowest BCUT2D eigenvalue weighted by molar-refractivity contribution is 0.108. The Balaban J connectivity index is 3.32. The summed E-state index contributed by atoms with van der Waals surface area (Å²) in [5.74, 6) is 0. The number of hydrogen-bond donors (Lipinski definition) is 0. The first-order valence-electron chi connectivity index (χ1n) is 4.23. The van der Waals surface area contributed by atoms with Crippen LogP contribution in [0.25, 0.3) is 0 Å². The highest BCUT2D eigenvalue weighted by Gasteiger charge is 2.10. The molecule has 0 atom stereocenters. The van der Waals surface area contributed by atoms with E-state index in [1.807, 2.05) is 26.0 Å². The van der Waals surface area contributed by atoms with Crippen LogP contribution in [-0.4, -0.2) is 5.24 Å². The van der Waals surface area contributed by atoms with Gasteiger partial charge in [0.2, 0.25) is 0 Å². The Kier molecular flexibility index (Phi) is 3.27. The van der Waals surface area contributed by atoms with Crippen LogP contribution < -0.4 is 0 Å². The fraction of sp³-hybridized carbons (Fsp3) is 0.273. The molecule has 0 aromatic heterocycles. The van der Waals surface area contributed by atoms with Crippen molar-refractivity contribution in [3.63, 3.8) is 0 Å². The van der Waals surface area contributed by atoms with E-state index in [1.54, 1.807) is 6.07 Å². The normalized spacial score (nSPS) is 9.57. The maximum Gasteiger partial charge on any atom is 0.252 e. The van der Waals surface area contributed by atoms with Crippen LogP contribution in [0.5, 0.6) is 0 Å². The topological polar surface area (TPSA) is 40.9 Å². The van der Waals surface area contributed by atoms with Gasteiger partial charge in [-0.05, 0) is 48.2 Å². The highest BCUT2D eigenvalue weighted by Crippen LogP contribution is 2.18. The molecule has 0 saturated heterocycles. The van der Waals surface area contributed by atoms with Crippen LogP contribution in [0.4, 0.5) is 0 Å². The second kappa shape index (κ2) is 4.26. The number of aryl methyl sites for hydroxylation is 2. The van der Waals surface area contributed by atoms with Gasteiger partial charge < -0.3 is 0 Å². The first-order valence-corrected chi connectivity index (χ1v) is 4.61. The molecule has 0 unspecified atom stereocenters. The number of hydrogen-bond acceptors (Lipinski definition) is 2. The molecule has 3 heteroatoms. The largest absolute Gasteiger partial charge is 0.276 e. The summed E-state index contributed by atoms with van der Waals surface area (Å²) in [7, 11) is 0. The third-order valence-electron chi connectivity index (χ3n) is 2.20. The summed E-state index contributed by atoms with van der Waals surface area (Å²) in [6.45, 7) is 3.85. The highest BCUT2D eigenvalue weighted by molar-refractivity contribution is 6.67. The molecule has 0 N–H and O–H groups in total. The van der Waals surface area contributed by atoms with Crippen molar-refractivity contribution in [1.82, 2.24) is 0 Å². The van der Waals surface area contributed by atoms with Gasteiger partial charge in [0, 0.05) is 5.56 Å². The number of nitrogens with zero attached hydrogens (tertiary/aromatic N) is 1. The van der Waals surface area contributed by atoms with Crippen molar-refractivity contribution in [3.05, 3.63) is 34.4 Å². The summed E-state index contributed by atoms with van der Waals surface area (Å²) in [6, 6.07) is 5.59. The second-order valence-corrected chi connectivity index (χ2v) is 3.55. The first kappa shape index (κ1) is 10.7. The van der Waals surface area contributed by atoms with Crippen LogP contribution in [0.15, 0.2) is 12.1 Å². The summed E-state index contributed by atoms with van der Waals surface area (Å²) in [4.78, 5) is 11.1. The lowest BCUT2D eigenvalue weighted by atomic mass is 9.99. The summed E-state index contributed by atoms with van der Waals surface area (Å²) in [5, 5.41) is 8.08. The Hall–Kier alpha value is -1.33. The predicted octanol–water partition coefficient (Wildman–Crippen LogP) is 2.75. The van der Waals surface area contributed by atoms with Crippen LogP contribution in [0.2, 0.25) is 0 Å². The van der Waals surface area contributed by atoms with Crippen LogP contribution in [0, 0.1) is 25.2 Å². The van der Waals surface area contributed by atoms with Gasteiger partial charge in [-0.25, -0.2) is 0 Å². The fourth-order valence-corrected chi connectivity index (χ4v) is 1.47. The van der Waals surface area contributed by atoms with Crippen LogP contribution in [0.3, 0.4) is 0 Å². The van der Waals surface area contributed by atoms with Crippen molar-refractivity contribution in [2.24, 2.45) is 0 Å². The molecular formula is C11H10ClNO. The van der Waals surface area contributed by atoms with Crippen LogP contribution in [0.1, 0.15) is 27.0 Å². The van der Waals surface area contributed by atoms with Crippen LogP contribution >= 0.6 is 11.6 Å². The van der Waals surface area contributed by atoms with Gasteiger partial charge in [-0.2, -0.15) is 5.26 Å². The Morgan fingerprint density at radius 2 is 2.00 bits per heavy atom. The van der Waals surface area contributed by atoms with Crippen LogP contribution in [-0.2, 0) is 6.42 Å². The molecule has 0 radical (unpaired) electrons. The SMILES string of the molecule is Cc1cc(CC#N)c(C(=O)Cl)cc1C. The van der Waals surface area contributed by atoms with Crippen molar-refractivity contribution in [1.29, 1.82) is 5.26 Å². The minimum atomic E-state index is -0.502. The van der Waals surface area contributed by atoms with Gasteiger partial charge in [-0.15, -0.1) is 0 Å². The first-order chi connectivity index (χ1) is 6.56. The number of nitriles is 1. The van der Waals surface area contributed by atoms with E-state index in [0.29, 0.717) is 11.1 Å². The summed E-state index contributed by atoms with van der Waals surface area (Å²) < 4.78 is 0. The zero-order valence-electron chi connectivity index (χ0n) is 8.10. The van der Waals surface area contributed by atoms with Gasteiger partial charge >= 0.3 is 0 Å². The van der Waals surface area contributed by atoms with E-state index in [1.165, 1.54) is 0 Å². The Morgan fingerprint density at radius 3 is 2.50 bits per heavy atom. The molecule has 0 amide bonds. The smallest absolute Gasteiger partial charge is 0.252 e. The van der Waals surface area contributed by atoms with E-state index in [0.717, 1.165) is 11.1 Å². The number of rotatable bonds is 2. The van der Waals surface area contributed by atoms with Crippen molar-refractivity contribution in [3.8, 4) is 6.07 Å². The molecule has 1 aromatic rings. The van der Waals surface area contributed by atoms with Crippen molar-refractivity contribution in [2.45, 2.75) is 20.3 Å². The molecule has 0 bridgehead atoms. The van der Waals surface area contributed by atoms with Gasteiger partial charge in [-0.1, -0.05) is 6.07 Å². The molecule has 0 heterocycles. The second-order valence-electron chi connectivity index (χ2n) is 3.20. The van der Waals surface area contributed by atoms with Gasteiger partial charge in [-0.3, -0.25) is 4.79 Å². The molecule has 1 aromatic carbocycles. The maximum atomic E-state index is 11.1. The highest BCUT2D eigenvalue weighted by atomic mass is 35.5. The predicted molar refractivity (Wildman–Crippen MR) is 55.4 cm³/mol. The molecule has 0 spiro atoms. The molecule has 2 nitrogen and oxygen atoms in total. The molecule has 1 rings (SSSR count). The van der Waals surface area contributed by atoms with Gasteiger partial charge in [0.15, 0.2) is 0 Å². The molecule has 0 aliphatic rings. The Morgan fingerprint density at radius 1 is 1.43 bits per heavy atom. The van der Waals surface area contributed by atoms with E-state index in [9.17, 15) is 4.79 Å². The Bertz CT molecular complexity index is 418. The molecule has 0 aliphatic heterocycles. The summed E-state index contributed by atoms with van der Waals surface area (Å²) in [6.07, 6.45) is 0.217. The quantitative estimate of drug-likeness (QED) is 0.700. The third-order valence-corrected chi connectivity index (χ3v) is 2.40. The number of halogens is 1. The number of benzene rings is 1. The summed E-state index contributed by atoms with van der Waals surface area (Å²) in [5.41, 5.74) is 3.22. The van der Waals surface area contributed by atoms with E-state index in [-0.39, 0.29) is 6.42 Å². The third kappa shape index (κ3) is 2.12. The lowest BCUT2D eigenvalue weighted by Crippen LogP contribution is -1.99. The lowest BCUT2D eigenvalue weighted by Gasteiger charge is -2.06. The molecule has 72 valence electrons. The number of carbonyl (C=O) groups is 1. The van der Waals surface area contributed by atoms with Gasteiger partial charge in [0.05, 0.1) is 12.5 Å². The van der Waals surface area contributed by atoms with Gasteiger partial charge in [0.1, 0.15) is 0 Å². The summed E-state index contributed by atoms with van der Waals surface area (Å²) >= 11 is 5.42. The average molecular weight is 208 g/mol. The minimum Gasteiger partial charge on any atom is -0.276 e. The van der Waals surface area contributed by atoms with Gasteiger partial charge in [0.25, 0.3) is 5.24 Å². The zero-order valence-corrected chi connectivity index (χ0v) is 8.85. The van der Waals surface area contributed by atoms with Crippen molar-refractivity contribution >= 4 is 16.8 Å². The molecule has 0 saturated carbocycles. The number of carbonyl (C=O) groups excluding carboxylic acids is 1. The van der Waals surface area contributed by atoms with E-state index in [4.69, 9.17) is 16.9 Å². The van der Waals surface area contributed by atoms with E-state index >= 15 is 0 Å². The van der Waals surface area contributed by atoms with Crippen molar-refractivity contribution < 1.29 is 4.79 Å². The molecule has 14 heavy (non-hydrogen) atoms. The standard InChI is InChI=1S/C11H10ClNO/c1-7-5-9(3-4-13)10(11(12)14)6-8(7)2/h5-6H,3H2,1-2H3. The van der Waals surface area contributed by atoms with Crippen molar-refractivity contribution in [2.75, 3.05) is 0 Å². The van der Waals surface area contributed by atoms with E-state index < -0.39 is 5.24 Å². The van der Waals surface area contributed by atoms with E-state index in [2.05, 4.69) is 0 Å². The molecule has 0 fully saturated rings. The zero-order chi connectivity index (χ0) is 10.7. The molecular weight excluding hydrogens is 198 g/mol. The Labute approximate surface area is 88.1 Å². The monoisotopic (exact) mass is 207 g/mol. The maximum absolute atomic E-state index is 11.1. The molecule has 0 aliphatic carbocycles. The fourth-order valence-electron chi connectivity index (χ4n) is 1.29. The minimum absolute atomic E-state index is 0.217.